The summed E-state index contributed by atoms with van der Waals surface area (Å²) in [4.78, 5) is 24.3. The van der Waals surface area contributed by atoms with E-state index in [1.807, 2.05) is 48.5 Å². The molecule has 1 amide bonds. The van der Waals surface area contributed by atoms with Gasteiger partial charge in [0.1, 0.15) is 18.0 Å². The number of nitrogens with one attached hydrogen (secondary N) is 1. The van der Waals surface area contributed by atoms with Crippen LogP contribution in [0.4, 0.5) is 26.4 Å². The molecule has 0 saturated carbocycles. The zero-order chi connectivity index (χ0) is 32.4. The Hall–Kier alpha value is -5.10. The third-order valence-corrected chi connectivity index (χ3v) is 8.44. The van der Waals surface area contributed by atoms with E-state index in [0.717, 1.165) is 27.8 Å². The average molecular weight is 646 g/mol. The molecule has 0 spiro atoms. The maximum atomic E-state index is 14.3. The number of benzene rings is 3. The van der Waals surface area contributed by atoms with Gasteiger partial charge >= 0.3 is 6.09 Å². The van der Waals surface area contributed by atoms with E-state index in [2.05, 4.69) is 15.4 Å². The normalized spacial score (nSPS) is 13.5. The van der Waals surface area contributed by atoms with E-state index in [4.69, 9.17) is 26.1 Å². The van der Waals surface area contributed by atoms with Gasteiger partial charge in [-0.05, 0) is 60.9 Å². The van der Waals surface area contributed by atoms with Crippen LogP contribution in [0.3, 0.4) is 0 Å². The van der Waals surface area contributed by atoms with E-state index in [1.165, 1.54) is 17.3 Å². The number of amides is 1. The first kappa shape index (κ1) is 30.9. The van der Waals surface area contributed by atoms with E-state index >= 15 is 0 Å². The number of nitrogens with zero attached hydrogens (tertiary/aromatic N) is 6. The van der Waals surface area contributed by atoms with Gasteiger partial charge in [0.15, 0.2) is 11.5 Å². The quantitative estimate of drug-likeness (QED) is 0.180. The molecule has 0 aliphatic carbocycles. The zero-order valence-electron chi connectivity index (χ0n) is 25.6. The van der Waals surface area contributed by atoms with Crippen LogP contribution in [0.25, 0.3) is 22.0 Å². The summed E-state index contributed by atoms with van der Waals surface area (Å²) in [5, 5.41) is 18.2. The molecular formula is C33H33ClFN7O4. The molecule has 0 unspecified atom stereocenters. The molecule has 13 heteroatoms. The van der Waals surface area contributed by atoms with Crippen LogP contribution in [0.2, 0.25) is 5.02 Å². The van der Waals surface area contributed by atoms with Crippen molar-refractivity contribution < 1.29 is 23.8 Å². The summed E-state index contributed by atoms with van der Waals surface area (Å²) in [5.74, 6) is 1.24. The molecule has 0 atom stereocenters. The van der Waals surface area contributed by atoms with Crippen molar-refractivity contribution in [1.82, 2.24) is 24.6 Å². The van der Waals surface area contributed by atoms with Gasteiger partial charge in [0.05, 0.1) is 31.0 Å². The van der Waals surface area contributed by atoms with E-state index in [1.54, 1.807) is 37.2 Å². The molecule has 5 aromatic rings. The number of rotatable bonds is 9. The molecule has 11 nitrogen and oxygen atoms in total. The summed E-state index contributed by atoms with van der Waals surface area (Å²) in [6, 6.07) is 14.3. The van der Waals surface area contributed by atoms with Crippen molar-refractivity contribution in [2.45, 2.75) is 25.4 Å². The third-order valence-electron chi connectivity index (χ3n) is 8.15. The minimum atomic E-state index is -0.905. The van der Waals surface area contributed by atoms with Gasteiger partial charge in [-0.2, -0.15) is 5.10 Å². The van der Waals surface area contributed by atoms with Crippen molar-refractivity contribution >= 4 is 45.8 Å². The third kappa shape index (κ3) is 6.34. The highest BCUT2D eigenvalue weighted by molar-refractivity contribution is 6.31. The lowest BCUT2D eigenvalue weighted by Gasteiger charge is -2.32. The van der Waals surface area contributed by atoms with Gasteiger partial charge < -0.3 is 29.7 Å². The molecular weight excluding hydrogens is 613 g/mol. The molecule has 3 heterocycles. The molecule has 238 valence electrons. The number of fused-ring (bicyclic) bond motifs is 1. The fourth-order valence-electron chi connectivity index (χ4n) is 5.76. The number of hydrogen-bond donors (Lipinski definition) is 2. The molecule has 1 aliphatic heterocycles. The Morgan fingerprint density at radius 3 is 2.54 bits per heavy atom. The van der Waals surface area contributed by atoms with E-state index in [0.29, 0.717) is 61.0 Å². The molecule has 1 aliphatic rings. The van der Waals surface area contributed by atoms with Crippen molar-refractivity contribution in [3.05, 3.63) is 83.7 Å². The van der Waals surface area contributed by atoms with Crippen molar-refractivity contribution in [2.24, 2.45) is 7.05 Å². The lowest BCUT2D eigenvalue weighted by Crippen LogP contribution is -2.41. The number of anilines is 3. The number of methoxy groups -OCH3 is 2. The summed E-state index contributed by atoms with van der Waals surface area (Å²) >= 11 is 6.28. The van der Waals surface area contributed by atoms with Crippen molar-refractivity contribution in [3.8, 4) is 22.6 Å². The second-order valence-electron chi connectivity index (χ2n) is 11.1. The lowest BCUT2D eigenvalue weighted by atomic mass is 10.0. The summed E-state index contributed by atoms with van der Waals surface area (Å²) in [6.45, 7) is 1.23. The maximum absolute atomic E-state index is 14.3. The number of aryl methyl sites for hydroxylation is 1. The first-order chi connectivity index (χ1) is 22.2. The molecule has 2 aromatic heterocycles. The van der Waals surface area contributed by atoms with E-state index in [9.17, 15) is 14.3 Å². The fourth-order valence-corrected chi connectivity index (χ4v) is 5.94. The van der Waals surface area contributed by atoms with Gasteiger partial charge in [0, 0.05) is 66.8 Å². The van der Waals surface area contributed by atoms with Crippen molar-refractivity contribution in [3.63, 3.8) is 0 Å². The lowest BCUT2D eigenvalue weighted by molar-refractivity contribution is 0.134. The van der Waals surface area contributed by atoms with E-state index in [-0.39, 0.29) is 11.1 Å². The molecule has 0 bridgehead atoms. The summed E-state index contributed by atoms with van der Waals surface area (Å²) in [7, 11) is 5.02. The Bertz CT molecular complexity index is 1890. The zero-order valence-corrected chi connectivity index (χ0v) is 26.3. The Labute approximate surface area is 270 Å². The second kappa shape index (κ2) is 13.1. The number of halogens is 2. The Morgan fingerprint density at radius 2 is 1.87 bits per heavy atom. The summed E-state index contributed by atoms with van der Waals surface area (Å²) in [6.07, 6.45) is 5.66. The smallest absolute Gasteiger partial charge is 0.407 e. The fraction of sp³-hybridized carbons (Fsp3) is 0.273. The van der Waals surface area contributed by atoms with Gasteiger partial charge in [-0.3, -0.25) is 4.68 Å². The molecule has 3 aromatic carbocycles. The highest BCUT2D eigenvalue weighted by atomic mass is 35.5. The molecule has 1 saturated heterocycles. The van der Waals surface area contributed by atoms with Crippen LogP contribution in [0.1, 0.15) is 18.4 Å². The van der Waals surface area contributed by atoms with Gasteiger partial charge in [-0.15, -0.1) is 0 Å². The van der Waals surface area contributed by atoms with Crippen LogP contribution in [0, 0.1) is 5.82 Å². The van der Waals surface area contributed by atoms with Crippen LogP contribution < -0.4 is 19.7 Å². The van der Waals surface area contributed by atoms with Crippen LogP contribution in [-0.2, 0) is 13.6 Å². The number of likely N-dealkylation sites (tertiary alicyclic amines) is 1. The predicted molar refractivity (Wildman–Crippen MR) is 175 cm³/mol. The minimum absolute atomic E-state index is 0.0119. The minimum Gasteiger partial charge on any atom is -0.493 e. The molecule has 6 rings (SSSR count). The van der Waals surface area contributed by atoms with Crippen LogP contribution in [-0.4, -0.2) is 69.2 Å². The maximum Gasteiger partial charge on any atom is 0.407 e. The first-order valence-corrected chi connectivity index (χ1v) is 15.1. The van der Waals surface area contributed by atoms with Crippen LogP contribution in [0.15, 0.2) is 67.3 Å². The molecule has 46 heavy (non-hydrogen) atoms. The van der Waals surface area contributed by atoms with Gasteiger partial charge in [-0.1, -0.05) is 17.7 Å². The average Bonchev–Trinajstić information content (AvgIpc) is 3.50. The topological polar surface area (TPSA) is 118 Å². The highest BCUT2D eigenvalue weighted by Gasteiger charge is 2.25. The van der Waals surface area contributed by atoms with Crippen LogP contribution >= 0.6 is 11.6 Å². The highest BCUT2D eigenvalue weighted by Crippen LogP contribution is 2.39. The molecule has 0 radical (unpaired) electrons. The number of aromatic nitrogens is 4. The summed E-state index contributed by atoms with van der Waals surface area (Å²) < 4.78 is 27.0. The number of piperidine rings is 1. The molecule has 2 N–H and O–H groups in total. The number of ether oxygens (including phenoxy) is 2. The standard InChI is InChI=1S/C33H33ClFN7O4/c1-40-18-21(16-38-40)24-14-28-25(15-29(24)39-22-8-10-41(11-9-22)33(43)44)32(37-19-36-28)42(23-5-6-27(35)26(34)13-23)17-20-4-7-30(45-2)31(12-20)46-3/h4-7,12-16,18-19,22,39H,8-11,17H2,1-3H3,(H,43,44). The largest absolute Gasteiger partial charge is 0.493 e. The Kier molecular flexibility index (Phi) is 8.80. The Balaban J connectivity index is 1.47. The predicted octanol–water partition coefficient (Wildman–Crippen LogP) is 6.73. The van der Waals surface area contributed by atoms with Gasteiger partial charge in [0.2, 0.25) is 0 Å². The first-order valence-electron chi connectivity index (χ1n) is 14.7. The monoisotopic (exact) mass is 645 g/mol. The molecule has 1 fully saturated rings. The van der Waals surface area contributed by atoms with Crippen molar-refractivity contribution in [1.29, 1.82) is 0 Å². The number of carboxylic acid groups (broad SMARTS) is 1. The van der Waals surface area contributed by atoms with Crippen LogP contribution in [0.5, 0.6) is 11.5 Å². The number of carbonyl (C=O) groups is 1. The SMILES string of the molecule is COc1ccc(CN(c2ccc(F)c(Cl)c2)c2ncnc3cc(-c4cnn(C)c4)c(NC4CCN(C(=O)O)CC4)cc23)cc1OC. The number of hydrogen-bond acceptors (Lipinski definition) is 8. The second-order valence-corrected chi connectivity index (χ2v) is 11.5. The summed E-state index contributed by atoms with van der Waals surface area (Å²) in [5.41, 5.74) is 4.87. The van der Waals surface area contributed by atoms with E-state index < -0.39 is 11.9 Å². The Morgan fingerprint density at radius 1 is 1.09 bits per heavy atom. The van der Waals surface area contributed by atoms with Gasteiger partial charge in [0.25, 0.3) is 0 Å². The van der Waals surface area contributed by atoms with Gasteiger partial charge in [-0.25, -0.2) is 19.2 Å². The van der Waals surface area contributed by atoms with Crippen molar-refractivity contribution in [2.75, 3.05) is 37.5 Å².